The molecular formula is C16H23NO3. The van der Waals surface area contributed by atoms with Gasteiger partial charge in [0.05, 0.1) is 18.3 Å². The van der Waals surface area contributed by atoms with Gasteiger partial charge in [0.25, 0.3) is 0 Å². The molecule has 110 valence electrons. The topological polar surface area (TPSA) is 58.6 Å². The molecule has 20 heavy (non-hydrogen) atoms. The molecule has 1 fully saturated rings. The number of methoxy groups -OCH3 is 1. The number of carbonyl (C=O) groups excluding carboxylic acids is 1. The molecule has 0 saturated heterocycles. The van der Waals surface area contributed by atoms with Crippen molar-refractivity contribution in [1.82, 2.24) is 0 Å². The molecule has 2 N–H and O–H groups in total. The largest absolute Gasteiger partial charge is 0.465 e. The lowest BCUT2D eigenvalue weighted by Gasteiger charge is -2.34. The molecular weight excluding hydrogens is 254 g/mol. The van der Waals surface area contributed by atoms with Gasteiger partial charge in [0, 0.05) is 11.7 Å². The van der Waals surface area contributed by atoms with Crippen molar-refractivity contribution in [3.05, 3.63) is 29.3 Å². The van der Waals surface area contributed by atoms with Crippen LogP contribution >= 0.6 is 0 Å². The Morgan fingerprint density at radius 1 is 1.40 bits per heavy atom. The maximum absolute atomic E-state index is 11.7. The van der Waals surface area contributed by atoms with E-state index in [2.05, 4.69) is 5.32 Å². The van der Waals surface area contributed by atoms with Crippen molar-refractivity contribution in [2.45, 2.75) is 51.2 Å². The Bertz CT molecular complexity index is 486. The molecule has 1 aliphatic rings. The summed E-state index contributed by atoms with van der Waals surface area (Å²) in [6.07, 6.45) is 3.49. The van der Waals surface area contributed by atoms with Crippen LogP contribution in [0.3, 0.4) is 0 Å². The minimum absolute atomic E-state index is 0.308. The van der Waals surface area contributed by atoms with Crippen molar-refractivity contribution in [1.29, 1.82) is 0 Å². The normalized spacial score (nSPS) is 26.1. The van der Waals surface area contributed by atoms with Crippen LogP contribution in [-0.2, 0) is 4.74 Å². The molecule has 1 saturated carbocycles. The van der Waals surface area contributed by atoms with Gasteiger partial charge < -0.3 is 15.2 Å². The third-order valence-electron chi connectivity index (χ3n) is 4.16. The molecule has 0 heterocycles. The first kappa shape index (κ1) is 14.9. The second kappa shape index (κ2) is 5.83. The fourth-order valence-corrected chi connectivity index (χ4v) is 2.73. The number of rotatable bonds is 3. The quantitative estimate of drug-likeness (QED) is 0.834. The van der Waals surface area contributed by atoms with Gasteiger partial charge in [-0.3, -0.25) is 0 Å². The number of anilines is 1. The number of nitrogens with one attached hydrogen (secondary N) is 1. The third kappa shape index (κ3) is 3.31. The molecule has 0 radical (unpaired) electrons. The number of benzene rings is 1. The lowest BCUT2D eigenvalue weighted by atomic mass is 9.83. The first-order valence-corrected chi connectivity index (χ1v) is 7.10. The van der Waals surface area contributed by atoms with Gasteiger partial charge in [0.2, 0.25) is 0 Å². The molecule has 0 amide bonds. The molecule has 0 unspecified atom stereocenters. The Morgan fingerprint density at radius 2 is 2.05 bits per heavy atom. The molecule has 1 aromatic rings. The molecule has 0 spiro atoms. The summed E-state index contributed by atoms with van der Waals surface area (Å²) in [4.78, 5) is 11.7. The molecule has 0 aliphatic heterocycles. The summed E-state index contributed by atoms with van der Waals surface area (Å²) in [6.45, 7) is 3.82. The highest BCUT2D eigenvalue weighted by atomic mass is 16.5. The summed E-state index contributed by atoms with van der Waals surface area (Å²) in [5.74, 6) is -0.308. The maximum atomic E-state index is 11.7. The first-order chi connectivity index (χ1) is 9.43. The zero-order valence-corrected chi connectivity index (χ0v) is 12.4. The van der Waals surface area contributed by atoms with Crippen LogP contribution in [0, 0.1) is 6.92 Å². The highest BCUT2D eigenvalue weighted by molar-refractivity contribution is 5.92. The van der Waals surface area contributed by atoms with Gasteiger partial charge in [0.1, 0.15) is 0 Å². The highest BCUT2D eigenvalue weighted by Gasteiger charge is 2.28. The van der Waals surface area contributed by atoms with Crippen LogP contribution in [0.25, 0.3) is 0 Å². The van der Waals surface area contributed by atoms with E-state index in [9.17, 15) is 9.90 Å². The van der Waals surface area contributed by atoms with Crippen molar-refractivity contribution in [3.63, 3.8) is 0 Å². The maximum Gasteiger partial charge on any atom is 0.338 e. The predicted molar refractivity (Wildman–Crippen MR) is 79.0 cm³/mol. The van der Waals surface area contributed by atoms with E-state index < -0.39 is 5.60 Å². The molecule has 4 nitrogen and oxygen atoms in total. The van der Waals surface area contributed by atoms with Crippen LogP contribution in [-0.4, -0.2) is 29.8 Å². The van der Waals surface area contributed by atoms with Gasteiger partial charge in [0.15, 0.2) is 0 Å². The molecule has 0 bridgehead atoms. The Kier molecular flexibility index (Phi) is 4.33. The highest BCUT2D eigenvalue weighted by Crippen LogP contribution is 2.30. The summed E-state index contributed by atoms with van der Waals surface area (Å²) in [5.41, 5.74) is 1.96. The molecule has 1 aromatic carbocycles. The third-order valence-corrected chi connectivity index (χ3v) is 4.16. The van der Waals surface area contributed by atoms with Crippen molar-refractivity contribution < 1.29 is 14.6 Å². The predicted octanol–water partition coefficient (Wildman–Crippen LogP) is 2.89. The average Bonchev–Trinajstić information content (AvgIpc) is 2.42. The van der Waals surface area contributed by atoms with E-state index in [0.29, 0.717) is 11.6 Å². The fourth-order valence-electron chi connectivity index (χ4n) is 2.73. The minimum atomic E-state index is -0.527. The van der Waals surface area contributed by atoms with Crippen molar-refractivity contribution in [2.24, 2.45) is 0 Å². The number of esters is 1. The van der Waals surface area contributed by atoms with Crippen LogP contribution in [0.5, 0.6) is 0 Å². The van der Waals surface area contributed by atoms with Crippen LogP contribution in [0.2, 0.25) is 0 Å². The van der Waals surface area contributed by atoms with Crippen LogP contribution in [0.1, 0.15) is 48.5 Å². The standard InChI is InChI=1S/C16H23NO3/c1-11-13(15(18)20-3)5-4-6-14(11)17-12-7-9-16(2,19)10-8-12/h4-6,12,17,19H,7-10H2,1-3H3. The Hall–Kier alpha value is -1.55. The van der Waals surface area contributed by atoms with E-state index in [0.717, 1.165) is 36.9 Å². The molecule has 0 aromatic heterocycles. The van der Waals surface area contributed by atoms with Gasteiger partial charge >= 0.3 is 5.97 Å². The van der Waals surface area contributed by atoms with Gasteiger partial charge in [-0.05, 0) is 57.2 Å². The van der Waals surface area contributed by atoms with Crippen LogP contribution in [0.15, 0.2) is 18.2 Å². The summed E-state index contributed by atoms with van der Waals surface area (Å²) >= 11 is 0. The first-order valence-electron chi connectivity index (χ1n) is 7.10. The van der Waals surface area contributed by atoms with E-state index in [1.54, 1.807) is 6.07 Å². The number of ether oxygens (including phenoxy) is 1. The van der Waals surface area contributed by atoms with Crippen LogP contribution in [0.4, 0.5) is 5.69 Å². The molecule has 4 heteroatoms. The number of hydrogen-bond donors (Lipinski definition) is 2. The Morgan fingerprint density at radius 3 is 2.65 bits per heavy atom. The van der Waals surface area contributed by atoms with E-state index in [1.807, 2.05) is 26.0 Å². The number of carbonyl (C=O) groups is 1. The van der Waals surface area contributed by atoms with Gasteiger partial charge in [-0.25, -0.2) is 4.79 Å². The SMILES string of the molecule is COC(=O)c1cccc(NC2CCC(C)(O)CC2)c1C. The van der Waals surface area contributed by atoms with Crippen molar-refractivity contribution in [2.75, 3.05) is 12.4 Å². The lowest BCUT2D eigenvalue weighted by Crippen LogP contribution is -2.35. The number of aliphatic hydroxyl groups is 1. The van der Waals surface area contributed by atoms with Gasteiger partial charge in [-0.2, -0.15) is 0 Å². The molecule has 1 aliphatic carbocycles. The summed E-state index contributed by atoms with van der Waals surface area (Å²) in [7, 11) is 1.39. The van der Waals surface area contributed by atoms with Crippen molar-refractivity contribution >= 4 is 11.7 Å². The van der Waals surface area contributed by atoms with E-state index in [-0.39, 0.29) is 5.97 Å². The van der Waals surface area contributed by atoms with Gasteiger partial charge in [-0.1, -0.05) is 6.07 Å². The summed E-state index contributed by atoms with van der Waals surface area (Å²) in [6, 6.07) is 5.97. The van der Waals surface area contributed by atoms with Gasteiger partial charge in [-0.15, -0.1) is 0 Å². The second-order valence-corrected chi connectivity index (χ2v) is 5.89. The Balaban J connectivity index is 2.09. The average molecular weight is 277 g/mol. The van der Waals surface area contributed by atoms with E-state index in [1.165, 1.54) is 7.11 Å². The van der Waals surface area contributed by atoms with Crippen molar-refractivity contribution in [3.8, 4) is 0 Å². The zero-order valence-electron chi connectivity index (χ0n) is 12.4. The van der Waals surface area contributed by atoms with Crippen LogP contribution < -0.4 is 5.32 Å². The van der Waals surface area contributed by atoms with E-state index >= 15 is 0 Å². The monoisotopic (exact) mass is 277 g/mol. The zero-order chi connectivity index (χ0) is 14.8. The minimum Gasteiger partial charge on any atom is -0.465 e. The Labute approximate surface area is 120 Å². The lowest BCUT2D eigenvalue weighted by molar-refractivity contribution is 0.0196. The fraction of sp³-hybridized carbons (Fsp3) is 0.562. The number of hydrogen-bond acceptors (Lipinski definition) is 4. The summed E-state index contributed by atoms with van der Waals surface area (Å²) in [5, 5.41) is 13.5. The molecule has 0 atom stereocenters. The second-order valence-electron chi connectivity index (χ2n) is 5.89. The molecule has 2 rings (SSSR count). The van der Waals surface area contributed by atoms with E-state index in [4.69, 9.17) is 4.74 Å². The smallest absolute Gasteiger partial charge is 0.338 e. The summed E-state index contributed by atoms with van der Waals surface area (Å²) < 4.78 is 4.79.